The molecule has 1 heterocycles. The monoisotopic (exact) mass is 361 g/mol. The Kier molecular flexibility index (Phi) is 5.66. The average molecular weight is 362 g/mol. The zero-order valence-electron chi connectivity index (χ0n) is 14.0. The van der Waals surface area contributed by atoms with Crippen molar-refractivity contribution in [2.45, 2.75) is 19.4 Å². The molecule has 1 aliphatic heterocycles. The zero-order valence-corrected chi connectivity index (χ0v) is 14.7. The third-order valence-corrected chi connectivity index (χ3v) is 4.09. The molecular weight excluding hydrogens is 342 g/mol. The normalized spacial score (nSPS) is 15.7. The maximum absolute atomic E-state index is 12.3. The summed E-state index contributed by atoms with van der Waals surface area (Å²) < 4.78 is 16.7. The summed E-state index contributed by atoms with van der Waals surface area (Å²) in [6.45, 7) is 2.90. The third kappa shape index (κ3) is 4.37. The van der Waals surface area contributed by atoms with E-state index in [4.69, 9.17) is 25.8 Å². The predicted molar refractivity (Wildman–Crippen MR) is 95.6 cm³/mol. The van der Waals surface area contributed by atoms with E-state index in [-0.39, 0.29) is 18.6 Å². The molecule has 2 aromatic rings. The minimum Gasteiger partial charge on any atom is -0.493 e. The summed E-state index contributed by atoms with van der Waals surface area (Å²) in [6.07, 6.45) is 0.689. The number of rotatable bonds is 6. The van der Waals surface area contributed by atoms with Crippen LogP contribution in [0.3, 0.4) is 0 Å². The highest BCUT2D eigenvalue weighted by Crippen LogP contribution is 2.34. The van der Waals surface area contributed by atoms with E-state index in [9.17, 15) is 4.79 Å². The van der Waals surface area contributed by atoms with Crippen LogP contribution in [-0.2, 0) is 4.79 Å². The van der Waals surface area contributed by atoms with Crippen LogP contribution < -0.4 is 19.5 Å². The average Bonchev–Trinajstić information content (AvgIpc) is 2.62. The minimum absolute atomic E-state index is 0.0860. The van der Waals surface area contributed by atoms with Gasteiger partial charge in [0.05, 0.1) is 19.3 Å². The van der Waals surface area contributed by atoms with E-state index in [0.717, 1.165) is 11.3 Å². The van der Waals surface area contributed by atoms with Gasteiger partial charge in [0.1, 0.15) is 5.75 Å². The Labute approximate surface area is 151 Å². The number of amides is 1. The van der Waals surface area contributed by atoms with E-state index >= 15 is 0 Å². The number of carbonyl (C=O) groups excluding carboxylic acids is 1. The van der Waals surface area contributed by atoms with Crippen LogP contribution in [0, 0.1) is 0 Å². The molecule has 0 aromatic heterocycles. The Bertz CT molecular complexity index is 750. The second-order valence-corrected chi connectivity index (χ2v) is 6.04. The maximum atomic E-state index is 12.3. The molecule has 132 valence electrons. The van der Waals surface area contributed by atoms with Crippen LogP contribution in [0.25, 0.3) is 0 Å². The van der Waals surface area contributed by atoms with Gasteiger partial charge in [-0.15, -0.1) is 0 Å². The van der Waals surface area contributed by atoms with Crippen molar-refractivity contribution in [2.24, 2.45) is 0 Å². The van der Waals surface area contributed by atoms with Gasteiger partial charge in [-0.25, -0.2) is 0 Å². The Morgan fingerprint density at radius 2 is 2.00 bits per heavy atom. The van der Waals surface area contributed by atoms with Crippen molar-refractivity contribution in [1.29, 1.82) is 0 Å². The summed E-state index contributed by atoms with van der Waals surface area (Å²) in [6, 6.07) is 12.6. The van der Waals surface area contributed by atoms with Gasteiger partial charge in [0.15, 0.2) is 18.1 Å². The highest BCUT2D eigenvalue weighted by Gasteiger charge is 2.23. The fourth-order valence-corrected chi connectivity index (χ4v) is 2.92. The molecule has 25 heavy (non-hydrogen) atoms. The van der Waals surface area contributed by atoms with Gasteiger partial charge in [0, 0.05) is 17.0 Å². The second kappa shape index (κ2) is 8.12. The highest BCUT2D eigenvalue weighted by atomic mass is 35.5. The molecule has 0 fully saturated rings. The first-order valence-electron chi connectivity index (χ1n) is 8.23. The molecule has 0 spiro atoms. The third-order valence-electron chi connectivity index (χ3n) is 3.85. The van der Waals surface area contributed by atoms with Crippen molar-refractivity contribution in [3.8, 4) is 17.2 Å². The Morgan fingerprint density at radius 1 is 1.24 bits per heavy atom. The van der Waals surface area contributed by atoms with Gasteiger partial charge in [-0.2, -0.15) is 0 Å². The second-order valence-electron chi connectivity index (χ2n) is 5.61. The molecule has 0 saturated carbocycles. The van der Waals surface area contributed by atoms with Crippen LogP contribution in [0.5, 0.6) is 17.2 Å². The van der Waals surface area contributed by atoms with E-state index in [1.807, 2.05) is 37.3 Å². The van der Waals surface area contributed by atoms with E-state index < -0.39 is 0 Å². The van der Waals surface area contributed by atoms with Gasteiger partial charge in [-0.1, -0.05) is 23.7 Å². The van der Waals surface area contributed by atoms with Gasteiger partial charge < -0.3 is 19.5 Å². The van der Waals surface area contributed by atoms with E-state index in [2.05, 4.69) is 5.32 Å². The lowest BCUT2D eigenvalue weighted by atomic mass is 10.0. The zero-order chi connectivity index (χ0) is 17.6. The lowest BCUT2D eigenvalue weighted by molar-refractivity contribution is -0.124. The molecule has 5 nitrogen and oxygen atoms in total. The van der Waals surface area contributed by atoms with Crippen molar-refractivity contribution < 1.29 is 19.0 Å². The molecule has 1 atom stereocenters. The molecule has 0 bridgehead atoms. The fraction of sp³-hybridized carbons (Fsp3) is 0.316. The molecule has 0 radical (unpaired) electrons. The predicted octanol–water partition coefficient (Wildman–Crippen LogP) is 3.76. The molecule has 3 rings (SSSR count). The summed E-state index contributed by atoms with van der Waals surface area (Å²) in [5.74, 6) is 1.73. The van der Waals surface area contributed by atoms with Crippen LogP contribution in [0.1, 0.15) is 24.9 Å². The van der Waals surface area contributed by atoms with E-state index in [1.54, 1.807) is 12.1 Å². The summed E-state index contributed by atoms with van der Waals surface area (Å²) in [4.78, 5) is 12.3. The Balaban J connectivity index is 1.62. The van der Waals surface area contributed by atoms with Crippen molar-refractivity contribution in [1.82, 2.24) is 5.32 Å². The summed E-state index contributed by atoms with van der Waals surface area (Å²) in [5, 5.41) is 3.60. The minimum atomic E-state index is -0.205. The number of para-hydroxylation sites is 2. The van der Waals surface area contributed by atoms with Crippen LogP contribution in [0.4, 0.5) is 0 Å². The number of benzene rings is 2. The number of nitrogens with one attached hydrogen (secondary N) is 1. The molecule has 2 aromatic carbocycles. The number of ether oxygens (including phenoxy) is 3. The van der Waals surface area contributed by atoms with Gasteiger partial charge in [-0.3, -0.25) is 4.79 Å². The summed E-state index contributed by atoms with van der Waals surface area (Å²) >= 11 is 6.06. The number of carbonyl (C=O) groups is 1. The van der Waals surface area contributed by atoms with E-state index in [1.165, 1.54) is 0 Å². The molecule has 6 heteroatoms. The number of hydrogen-bond donors (Lipinski definition) is 1. The van der Waals surface area contributed by atoms with Crippen molar-refractivity contribution >= 4 is 17.5 Å². The standard InChI is InChI=1S/C19H20ClNO4/c1-2-23-17-5-3-4-6-18(17)25-12-19(22)21-15-9-10-24-16-8-7-13(20)11-14(15)16/h3-8,11,15H,2,9-10,12H2,1H3,(H,21,22). The quantitative estimate of drug-likeness (QED) is 0.851. The van der Waals surface area contributed by atoms with Crippen LogP contribution in [-0.4, -0.2) is 25.7 Å². The molecule has 1 unspecified atom stereocenters. The Morgan fingerprint density at radius 3 is 2.76 bits per heavy atom. The molecule has 1 aliphatic rings. The number of fused-ring (bicyclic) bond motifs is 1. The fourth-order valence-electron chi connectivity index (χ4n) is 2.74. The number of hydrogen-bond acceptors (Lipinski definition) is 4. The number of halogens is 1. The van der Waals surface area contributed by atoms with Gasteiger partial charge in [0.2, 0.25) is 0 Å². The first-order chi connectivity index (χ1) is 12.2. The summed E-state index contributed by atoms with van der Waals surface area (Å²) in [5.41, 5.74) is 0.891. The molecule has 1 amide bonds. The lowest BCUT2D eigenvalue weighted by Gasteiger charge is -2.27. The Hall–Kier alpha value is -2.40. The van der Waals surface area contributed by atoms with Crippen LogP contribution >= 0.6 is 11.6 Å². The molecular formula is C19H20ClNO4. The maximum Gasteiger partial charge on any atom is 0.258 e. The van der Waals surface area contributed by atoms with Gasteiger partial charge in [0.25, 0.3) is 5.91 Å². The smallest absolute Gasteiger partial charge is 0.258 e. The molecule has 0 aliphatic carbocycles. The van der Waals surface area contributed by atoms with Crippen molar-refractivity contribution in [3.63, 3.8) is 0 Å². The highest BCUT2D eigenvalue weighted by molar-refractivity contribution is 6.30. The van der Waals surface area contributed by atoms with Crippen LogP contribution in [0.15, 0.2) is 42.5 Å². The van der Waals surface area contributed by atoms with E-state index in [0.29, 0.717) is 36.2 Å². The van der Waals surface area contributed by atoms with Crippen molar-refractivity contribution in [2.75, 3.05) is 19.8 Å². The van der Waals surface area contributed by atoms with Crippen LogP contribution in [0.2, 0.25) is 5.02 Å². The summed E-state index contributed by atoms with van der Waals surface area (Å²) in [7, 11) is 0. The molecule has 1 N–H and O–H groups in total. The SMILES string of the molecule is CCOc1ccccc1OCC(=O)NC1CCOc2ccc(Cl)cc21. The molecule has 0 saturated heterocycles. The first kappa shape index (κ1) is 17.4. The largest absolute Gasteiger partial charge is 0.493 e. The van der Waals surface area contributed by atoms with Gasteiger partial charge in [-0.05, 0) is 37.3 Å². The van der Waals surface area contributed by atoms with Gasteiger partial charge >= 0.3 is 0 Å². The first-order valence-corrected chi connectivity index (χ1v) is 8.61. The van der Waals surface area contributed by atoms with Crippen molar-refractivity contribution in [3.05, 3.63) is 53.1 Å². The topological polar surface area (TPSA) is 56.8 Å². The lowest BCUT2D eigenvalue weighted by Crippen LogP contribution is -2.35.